The fourth-order valence-electron chi connectivity index (χ4n) is 2.57. The van der Waals surface area contributed by atoms with E-state index >= 15 is 0 Å². The summed E-state index contributed by atoms with van der Waals surface area (Å²) in [6.45, 7) is 8.09. The maximum Gasteiger partial charge on any atom is 0.0416 e. The quantitative estimate of drug-likeness (QED) is 0.863. The molecule has 1 aromatic rings. The second-order valence-electron chi connectivity index (χ2n) is 5.43. The lowest BCUT2D eigenvalue weighted by Gasteiger charge is -2.35. The van der Waals surface area contributed by atoms with Crippen molar-refractivity contribution in [1.82, 2.24) is 15.2 Å². The minimum Gasteiger partial charge on any atom is -0.313 e. The molecule has 1 N–H and O–H groups in total. The molecule has 0 saturated carbocycles. The Hall–Kier alpha value is -0.930. The minimum absolute atomic E-state index is 0.694. The van der Waals surface area contributed by atoms with E-state index in [2.05, 4.69) is 41.2 Å². The van der Waals surface area contributed by atoms with Crippen LogP contribution in [0.15, 0.2) is 24.4 Å². The standard InChI is InChI=1S/C15H25N3/c1-13(2)18-11-7-15(8-12-18)17-10-6-14-5-3-4-9-16-14/h3-5,9,13,15,17H,6-8,10-12H2,1-2H3. The fourth-order valence-corrected chi connectivity index (χ4v) is 2.57. The van der Waals surface area contributed by atoms with E-state index in [0.717, 1.165) is 13.0 Å². The molecule has 1 aliphatic rings. The summed E-state index contributed by atoms with van der Waals surface area (Å²) >= 11 is 0. The Bertz CT molecular complexity index is 329. The predicted molar refractivity (Wildman–Crippen MR) is 75.7 cm³/mol. The van der Waals surface area contributed by atoms with Crippen LogP contribution < -0.4 is 5.32 Å². The molecular formula is C15H25N3. The van der Waals surface area contributed by atoms with Crippen molar-refractivity contribution in [3.8, 4) is 0 Å². The van der Waals surface area contributed by atoms with Crippen LogP contribution in [0.4, 0.5) is 0 Å². The first-order chi connectivity index (χ1) is 8.75. The van der Waals surface area contributed by atoms with Crippen LogP contribution in [0.1, 0.15) is 32.4 Å². The van der Waals surface area contributed by atoms with Crippen LogP contribution in [0.3, 0.4) is 0 Å². The van der Waals surface area contributed by atoms with Crippen LogP contribution in [0.25, 0.3) is 0 Å². The van der Waals surface area contributed by atoms with Crippen LogP contribution in [0, 0.1) is 0 Å². The fraction of sp³-hybridized carbons (Fsp3) is 0.667. The number of aromatic nitrogens is 1. The van der Waals surface area contributed by atoms with Crippen molar-refractivity contribution in [3.63, 3.8) is 0 Å². The molecule has 0 aromatic carbocycles. The van der Waals surface area contributed by atoms with Gasteiger partial charge in [0, 0.05) is 36.9 Å². The summed E-state index contributed by atoms with van der Waals surface area (Å²) in [5.74, 6) is 0. The highest BCUT2D eigenvalue weighted by Crippen LogP contribution is 2.12. The molecule has 2 heterocycles. The molecule has 18 heavy (non-hydrogen) atoms. The van der Waals surface area contributed by atoms with Crippen molar-refractivity contribution in [2.24, 2.45) is 0 Å². The largest absolute Gasteiger partial charge is 0.313 e. The van der Waals surface area contributed by atoms with Crippen LogP contribution in [0.5, 0.6) is 0 Å². The number of hydrogen-bond donors (Lipinski definition) is 1. The maximum absolute atomic E-state index is 4.35. The molecule has 100 valence electrons. The molecule has 0 aliphatic carbocycles. The third-order valence-corrected chi connectivity index (χ3v) is 3.80. The third-order valence-electron chi connectivity index (χ3n) is 3.80. The minimum atomic E-state index is 0.694. The van der Waals surface area contributed by atoms with E-state index in [1.807, 2.05) is 12.3 Å². The lowest BCUT2D eigenvalue weighted by molar-refractivity contribution is 0.161. The number of pyridine rings is 1. The van der Waals surface area contributed by atoms with Gasteiger partial charge in [-0.25, -0.2) is 0 Å². The van der Waals surface area contributed by atoms with Crippen LogP contribution in [-0.4, -0.2) is 41.6 Å². The molecule has 1 fully saturated rings. The average Bonchev–Trinajstić information content (AvgIpc) is 2.40. The lowest BCUT2D eigenvalue weighted by Crippen LogP contribution is -2.45. The van der Waals surface area contributed by atoms with Crippen LogP contribution >= 0.6 is 0 Å². The van der Waals surface area contributed by atoms with E-state index in [1.54, 1.807) is 0 Å². The van der Waals surface area contributed by atoms with Crippen LogP contribution in [-0.2, 0) is 6.42 Å². The molecule has 1 aliphatic heterocycles. The Morgan fingerprint density at radius 2 is 2.11 bits per heavy atom. The van der Waals surface area contributed by atoms with Gasteiger partial charge in [0.15, 0.2) is 0 Å². The van der Waals surface area contributed by atoms with Gasteiger partial charge >= 0.3 is 0 Å². The SMILES string of the molecule is CC(C)N1CCC(NCCc2ccccn2)CC1. The first kappa shape index (κ1) is 13.5. The highest BCUT2D eigenvalue weighted by molar-refractivity contribution is 5.03. The molecule has 0 atom stereocenters. The van der Waals surface area contributed by atoms with E-state index in [9.17, 15) is 0 Å². The Labute approximate surface area is 111 Å². The number of likely N-dealkylation sites (tertiary alicyclic amines) is 1. The Kier molecular flexibility index (Phi) is 5.14. The summed E-state index contributed by atoms with van der Waals surface area (Å²) in [5, 5.41) is 3.66. The smallest absolute Gasteiger partial charge is 0.0416 e. The normalized spacial score (nSPS) is 18.4. The molecule has 3 heteroatoms. The summed E-state index contributed by atoms with van der Waals surface area (Å²) < 4.78 is 0. The van der Waals surface area contributed by atoms with Crippen LogP contribution in [0.2, 0.25) is 0 Å². The van der Waals surface area contributed by atoms with E-state index in [-0.39, 0.29) is 0 Å². The summed E-state index contributed by atoms with van der Waals surface area (Å²) in [5.41, 5.74) is 1.18. The van der Waals surface area contributed by atoms with Gasteiger partial charge in [-0.05, 0) is 51.9 Å². The van der Waals surface area contributed by atoms with Crippen molar-refractivity contribution in [3.05, 3.63) is 30.1 Å². The van der Waals surface area contributed by atoms with Crippen molar-refractivity contribution >= 4 is 0 Å². The number of nitrogens with one attached hydrogen (secondary N) is 1. The molecule has 0 spiro atoms. The van der Waals surface area contributed by atoms with E-state index < -0.39 is 0 Å². The van der Waals surface area contributed by atoms with Crippen molar-refractivity contribution in [2.75, 3.05) is 19.6 Å². The predicted octanol–water partition coefficient (Wildman–Crippen LogP) is 2.09. The molecule has 2 rings (SSSR count). The van der Waals surface area contributed by atoms with Crippen molar-refractivity contribution in [2.45, 2.75) is 45.2 Å². The molecule has 3 nitrogen and oxygen atoms in total. The number of rotatable bonds is 5. The van der Waals surface area contributed by atoms with Gasteiger partial charge in [-0.2, -0.15) is 0 Å². The van der Waals surface area contributed by atoms with Crippen molar-refractivity contribution in [1.29, 1.82) is 0 Å². The highest BCUT2D eigenvalue weighted by Gasteiger charge is 2.19. The first-order valence-electron chi connectivity index (χ1n) is 7.13. The van der Waals surface area contributed by atoms with E-state index in [0.29, 0.717) is 12.1 Å². The second-order valence-corrected chi connectivity index (χ2v) is 5.43. The molecule has 0 radical (unpaired) electrons. The lowest BCUT2D eigenvalue weighted by atomic mass is 10.0. The van der Waals surface area contributed by atoms with Gasteiger partial charge in [-0.3, -0.25) is 4.98 Å². The van der Waals surface area contributed by atoms with E-state index in [4.69, 9.17) is 0 Å². The van der Waals surface area contributed by atoms with Gasteiger partial charge in [0.25, 0.3) is 0 Å². The average molecular weight is 247 g/mol. The molecular weight excluding hydrogens is 222 g/mol. The maximum atomic E-state index is 4.35. The zero-order valence-electron chi connectivity index (χ0n) is 11.6. The van der Waals surface area contributed by atoms with Gasteiger partial charge in [0.05, 0.1) is 0 Å². The molecule has 0 amide bonds. The first-order valence-corrected chi connectivity index (χ1v) is 7.13. The summed E-state index contributed by atoms with van der Waals surface area (Å²) in [7, 11) is 0. The molecule has 0 unspecified atom stereocenters. The number of nitrogens with zero attached hydrogens (tertiary/aromatic N) is 2. The van der Waals surface area contributed by atoms with Gasteiger partial charge in [-0.15, -0.1) is 0 Å². The monoisotopic (exact) mass is 247 g/mol. The zero-order chi connectivity index (χ0) is 12.8. The third kappa shape index (κ3) is 4.07. The zero-order valence-corrected chi connectivity index (χ0v) is 11.6. The Morgan fingerprint density at radius 3 is 2.72 bits per heavy atom. The van der Waals surface area contributed by atoms with E-state index in [1.165, 1.54) is 31.6 Å². The Balaban J connectivity index is 1.64. The Morgan fingerprint density at radius 1 is 1.33 bits per heavy atom. The number of hydrogen-bond acceptors (Lipinski definition) is 3. The highest BCUT2D eigenvalue weighted by atomic mass is 15.2. The number of piperidine rings is 1. The summed E-state index contributed by atoms with van der Waals surface area (Å²) in [6.07, 6.45) is 5.46. The van der Waals surface area contributed by atoms with Crippen molar-refractivity contribution < 1.29 is 0 Å². The van der Waals surface area contributed by atoms with Gasteiger partial charge in [-0.1, -0.05) is 6.07 Å². The summed E-state index contributed by atoms with van der Waals surface area (Å²) in [4.78, 5) is 6.91. The second kappa shape index (κ2) is 6.86. The van der Waals surface area contributed by atoms with Gasteiger partial charge in [0.1, 0.15) is 0 Å². The molecule has 1 saturated heterocycles. The topological polar surface area (TPSA) is 28.2 Å². The van der Waals surface area contributed by atoms with Gasteiger partial charge in [0.2, 0.25) is 0 Å². The summed E-state index contributed by atoms with van der Waals surface area (Å²) in [6, 6.07) is 7.52. The van der Waals surface area contributed by atoms with Gasteiger partial charge < -0.3 is 10.2 Å². The molecule has 0 bridgehead atoms. The molecule has 1 aromatic heterocycles.